The maximum atomic E-state index is 12.1. The highest BCUT2D eigenvalue weighted by Crippen LogP contribution is 2.22. The van der Waals surface area contributed by atoms with Gasteiger partial charge in [-0.05, 0) is 25.5 Å². The first-order valence-electron chi connectivity index (χ1n) is 6.89. The molecular formula is C15H20ClNO4. The molecule has 0 radical (unpaired) electrons. The highest BCUT2D eigenvalue weighted by molar-refractivity contribution is 6.32. The lowest BCUT2D eigenvalue weighted by molar-refractivity contribution is -0.149. The molecule has 1 amide bonds. The second kappa shape index (κ2) is 9.23. The first-order chi connectivity index (χ1) is 10.1. The molecule has 21 heavy (non-hydrogen) atoms. The second-order valence-electron chi connectivity index (χ2n) is 4.34. The first-order valence-corrected chi connectivity index (χ1v) is 7.27. The Hall–Kier alpha value is -1.75. The number of ether oxygens (including phenoxy) is 2. The number of nitrogens with zero attached hydrogens (tertiary/aromatic N) is 1. The van der Waals surface area contributed by atoms with Crippen molar-refractivity contribution in [2.24, 2.45) is 0 Å². The van der Waals surface area contributed by atoms with Crippen LogP contribution in [-0.2, 0) is 14.3 Å². The summed E-state index contributed by atoms with van der Waals surface area (Å²) in [6, 6.07) is 6.92. The summed E-state index contributed by atoms with van der Waals surface area (Å²) in [4.78, 5) is 25.0. The van der Waals surface area contributed by atoms with Crippen LogP contribution in [0.15, 0.2) is 24.3 Å². The minimum Gasteiger partial charge on any atom is -0.482 e. The predicted molar refractivity (Wildman–Crippen MR) is 80.5 cm³/mol. The van der Waals surface area contributed by atoms with Gasteiger partial charge < -0.3 is 14.4 Å². The fourth-order valence-corrected chi connectivity index (χ4v) is 1.91. The largest absolute Gasteiger partial charge is 0.482 e. The number of hydrogen-bond donors (Lipinski definition) is 0. The zero-order valence-electron chi connectivity index (χ0n) is 12.3. The van der Waals surface area contributed by atoms with Crippen molar-refractivity contribution in [3.05, 3.63) is 29.3 Å². The van der Waals surface area contributed by atoms with Crippen LogP contribution < -0.4 is 4.74 Å². The van der Waals surface area contributed by atoms with E-state index in [9.17, 15) is 9.59 Å². The van der Waals surface area contributed by atoms with Crippen LogP contribution in [0.25, 0.3) is 0 Å². The minimum atomic E-state index is -0.419. The lowest BCUT2D eigenvalue weighted by Gasteiger charge is -2.21. The monoisotopic (exact) mass is 313 g/mol. The van der Waals surface area contributed by atoms with E-state index >= 15 is 0 Å². The van der Waals surface area contributed by atoms with Crippen LogP contribution in [0, 0.1) is 0 Å². The zero-order valence-corrected chi connectivity index (χ0v) is 13.1. The number of amides is 1. The van der Waals surface area contributed by atoms with Crippen LogP contribution in [-0.4, -0.2) is 43.1 Å². The van der Waals surface area contributed by atoms with Gasteiger partial charge in [-0.2, -0.15) is 0 Å². The number of carbonyl (C=O) groups excluding carboxylic acids is 2. The third-order valence-corrected chi connectivity index (χ3v) is 2.97. The van der Waals surface area contributed by atoms with Crippen molar-refractivity contribution in [2.45, 2.75) is 20.3 Å². The number of carbonyl (C=O) groups is 2. The number of halogens is 1. The number of hydrogen-bond acceptors (Lipinski definition) is 4. The molecule has 1 aromatic rings. The Morgan fingerprint density at radius 3 is 2.57 bits per heavy atom. The maximum absolute atomic E-state index is 12.1. The van der Waals surface area contributed by atoms with Crippen LogP contribution in [0.3, 0.4) is 0 Å². The summed E-state index contributed by atoms with van der Waals surface area (Å²) < 4.78 is 10.2. The minimum absolute atomic E-state index is 0.0631. The Bertz CT molecular complexity index is 478. The summed E-state index contributed by atoms with van der Waals surface area (Å²) >= 11 is 5.95. The van der Waals surface area contributed by atoms with Crippen LogP contribution in [0.2, 0.25) is 5.02 Å². The molecule has 0 bridgehead atoms. The third-order valence-electron chi connectivity index (χ3n) is 2.66. The molecule has 0 aliphatic rings. The van der Waals surface area contributed by atoms with E-state index in [0.717, 1.165) is 6.42 Å². The molecule has 0 saturated carbocycles. The van der Waals surface area contributed by atoms with E-state index in [1.165, 1.54) is 4.90 Å². The number of esters is 1. The van der Waals surface area contributed by atoms with Crippen molar-refractivity contribution in [3.8, 4) is 5.75 Å². The number of rotatable bonds is 8. The molecule has 0 aliphatic carbocycles. The molecule has 0 aromatic heterocycles. The van der Waals surface area contributed by atoms with Gasteiger partial charge in [0.15, 0.2) is 6.61 Å². The molecule has 116 valence electrons. The van der Waals surface area contributed by atoms with Crippen molar-refractivity contribution < 1.29 is 19.1 Å². The quantitative estimate of drug-likeness (QED) is 0.692. The second-order valence-corrected chi connectivity index (χ2v) is 4.75. The average molecular weight is 314 g/mol. The van der Waals surface area contributed by atoms with E-state index in [1.54, 1.807) is 31.2 Å². The predicted octanol–water partition coefficient (Wildman–Crippen LogP) is 2.52. The van der Waals surface area contributed by atoms with Crippen molar-refractivity contribution in [1.82, 2.24) is 4.90 Å². The Morgan fingerprint density at radius 1 is 1.24 bits per heavy atom. The maximum Gasteiger partial charge on any atom is 0.325 e. The molecule has 0 atom stereocenters. The molecule has 0 heterocycles. The van der Waals surface area contributed by atoms with Crippen LogP contribution in [0.1, 0.15) is 20.3 Å². The van der Waals surface area contributed by atoms with E-state index in [-0.39, 0.29) is 19.1 Å². The van der Waals surface area contributed by atoms with Gasteiger partial charge in [0.05, 0.1) is 11.6 Å². The van der Waals surface area contributed by atoms with E-state index < -0.39 is 5.97 Å². The van der Waals surface area contributed by atoms with Crippen LogP contribution >= 0.6 is 11.6 Å². The topological polar surface area (TPSA) is 55.8 Å². The highest BCUT2D eigenvalue weighted by atomic mass is 35.5. The van der Waals surface area contributed by atoms with Crippen molar-refractivity contribution in [3.63, 3.8) is 0 Å². The van der Waals surface area contributed by atoms with E-state index in [2.05, 4.69) is 0 Å². The van der Waals surface area contributed by atoms with E-state index in [4.69, 9.17) is 21.1 Å². The zero-order chi connectivity index (χ0) is 15.7. The van der Waals surface area contributed by atoms with E-state index in [0.29, 0.717) is 23.9 Å². The standard InChI is InChI=1S/C15H20ClNO4/c1-3-9-17(10-15(19)20-4-2)14(18)11-21-13-8-6-5-7-12(13)16/h5-8H,3-4,9-11H2,1-2H3. The lowest BCUT2D eigenvalue weighted by atomic mass is 10.3. The van der Waals surface area contributed by atoms with Crippen molar-refractivity contribution in [2.75, 3.05) is 26.3 Å². The van der Waals surface area contributed by atoms with Crippen molar-refractivity contribution >= 4 is 23.5 Å². The lowest BCUT2D eigenvalue weighted by Crippen LogP contribution is -2.39. The van der Waals surface area contributed by atoms with Gasteiger partial charge in [0, 0.05) is 6.54 Å². The average Bonchev–Trinajstić information content (AvgIpc) is 2.46. The Labute approximate surface area is 129 Å². The fourth-order valence-electron chi connectivity index (χ4n) is 1.72. The van der Waals surface area contributed by atoms with Gasteiger partial charge in [-0.1, -0.05) is 30.7 Å². The van der Waals surface area contributed by atoms with Gasteiger partial charge in [0.2, 0.25) is 0 Å². The summed E-state index contributed by atoms with van der Waals surface area (Å²) in [6.07, 6.45) is 0.747. The Kier molecular flexibility index (Phi) is 7.61. The van der Waals surface area contributed by atoms with Gasteiger partial charge in [0.25, 0.3) is 5.91 Å². The summed E-state index contributed by atoms with van der Waals surface area (Å²) in [6.45, 7) is 4.20. The number of para-hydroxylation sites is 1. The molecule has 5 nitrogen and oxygen atoms in total. The number of benzene rings is 1. The molecule has 6 heteroatoms. The molecule has 1 rings (SSSR count). The van der Waals surface area contributed by atoms with Gasteiger partial charge >= 0.3 is 5.97 Å². The normalized spacial score (nSPS) is 10.0. The molecule has 0 unspecified atom stereocenters. The molecule has 0 fully saturated rings. The fraction of sp³-hybridized carbons (Fsp3) is 0.467. The first kappa shape index (κ1) is 17.3. The summed E-state index contributed by atoms with van der Waals surface area (Å²) in [7, 11) is 0. The smallest absolute Gasteiger partial charge is 0.325 e. The van der Waals surface area contributed by atoms with Gasteiger partial charge in [-0.15, -0.1) is 0 Å². The molecule has 1 aromatic carbocycles. The summed E-state index contributed by atoms with van der Waals surface area (Å²) in [5, 5.41) is 0.442. The van der Waals surface area contributed by atoms with Gasteiger partial charge in [-0.25, -0.2) is 0 Å². The summed E-state index contributed by atoms with van der Waals surface area (Å²) in [5.41, 5.74) is 0. The molecule has 0 aliphatic heterocycles. The Balaban J connectivity index is 2.56. The molecule has 0 spiro atoms. The van der Waals surface area contributed by atoms with E-state index in [1.807, 2.05) is 6.92 Å². The third kappa shape index (κ3) is 6.04. The molecule has 0 saturated heterocycles. The SMILES string of the molecule is CCCN(CC(=O)OCC)C(=O)COc1ccccc1Cl. The highest BCUT2D eigenvalue weighted by Gasteiger charge is 2.18. The van der Waals surface area contributed by atoms with Crippen LogP contribution in [0.5, 0.6) is 5.75 Å². The van der Waals surface area contributed by atoms with Gasteiger partial charge in [0.1, 0.15) is 12.3 Å². The molecule has 0 N–H and O–H groups in total. The Morgan fingerprint density at radius 2 is 1.95 bits per heavy atom. The summed E-state index contributed by atoms with van der Waals surface area (Å²) in [5.74, 6) is -0.248. The van der Waals surface area contributed by atoms with Gasteiger partial charge in [-0.3, -0.25) is 9.59 Å². The molecular weight excluding hydrogens is 294 g/mol. The van der Waals surface area contributed by atoms with Crippen LogP contribution in [0.4, 0.5) is 0 Å². The van der Waals surface area contributed by atoms with Crippen molar-refractivity contribution in [1.29, 1.82) is 0 Å².